The molecule has 2 rings (SSSR count). The predicted molar refractivity (Wildman–Crippen MR) is 132 cm³/mol. The van der Waals surface area contributed by atoms with Crippen molar-refractivity contribution in [3.63, 3.8) is 0 Å². The summed E-state index contributed by atoms with van der Waals surface area (Å²) in [6, 6.07) is 1.17. The van der Waals surface area contributed by atoms with E-state index in [1.807, 2.05) is 0 Å². The Morgan fingerprint density at radius 1 is 1.32 bits per heavy atom. The molecule has 0 radical (unpaired) electrons. The van der Waals surface area contributed by atoms with Crippen molar-refractivity contribution in [3.8, 4) is 0 Å². The number of halogens is 1. The number of nitrogen functional groups attached to an aromatic ring is 1. The number of aliphatic hydroxyl groups is 2. The summed E-state index contributed by atoms with van der Waals surface area (Å²) in [5, 5.41) is 23.7. The van der Waals surface area contributed by atoms with Crippen LogP contribution in [0.2, 0.25) is 0 Å². The first-order valence-corrected chi connectivity index (χ1v) is 13.4. The Labute approximate surface area is 232 Å². The zero-order chi connectivity index (χ0) is 30.8. The zero-order valence-electron chi connectivity index (χ0n) is 22.5. The lowest BCUT2D eigenvalue weighted by atomic mass is 9.97. The summed E-state index contributed by atoms with van der Waals surface area (Å²) in [5.74, 6) is -0.162. The smallest absolute Gasteiger partial charge is 0.432 e. The molecule has 1 aliphatic heterocycles. The minimum Gasteiger partial charge on any atom is -0.432 e. The van der Waals surface area contributed by atoms with Gasteiger partial charge < -0.3 is 39.6 Å². The number of carbonyl (C=O) groups excluding carboxylic acids is 1. The molecule has 1 aromatic rings. The lowest BCUT2D eigenvalue weighted by molar-refractivity contribution is -0.295. The SMILES string of the molecule is CC(C)OC(=O)OCOP(=O)(OCOC(O)OC(C)C)OC[C@@]1(CN=[N+]=[N-])O[C@@H](n2ccc(N)nc2=O)[C@H](F)[C@@H]1O. The van der Waals surface area contributed by atoms with E-state index in [-0.39, 0.29) is 5.82 Å². The van der Waals surface area contributed by atoms with E-state index in [0.717, 1.165) is 6.20 Å². The highest BCUT2D eigenvalue weighted by atomic mass is 31.2. The third kappa shape index (κ3) is 10.2. The Hall–Kier alpha value is -2.90. The van der Waals surface area contributed by atoms with Gasteiger partial charge in [0.15, 0.2) is 19.2 Å². The molecular weight excluding hydrogens is 582 g/mol. The van der Waals surface area contributed by atoms with Gasteiger partial charge in [-0.2, -0.15) is 4.98 Å². The standard InChI is InChI=1S/C20H32FN6O13P/c1-11(2)38-18(30)33-9-36-41(32,37-10-34-19(31)39-12(3)4)35-8-20(7-24-26-23)15(28)14(21)16(40-20)27-6-5-13(22)25-17(27)29/h5-6,11-12,14-16,18,28,30H,7-10H2,1-4H3,(H2,22,25,29)/t14-,15+,16-,18?,20-,41?/m1/s1. The summed E-state index contributed by atoms with van der Waals surface area (Å²) in [5.41, 5.74) is 11.0. The Kier molecular flexibility index (Phi) is 12.9. The number of aliphatic hydroxyl groups excluding tert-OH is 2. The van der Waals surface area contributed by atoms with Crippen LogP contribution in [0, 0.1) is 0 Å². The molecule has 1 aromatic heterocycles. The maximum atomic E-state index is 15.2. The minimum absolute atomic E-state index is 0.162. The minimum atomic E-state index is -4.85. The first kappa shape index (κ1) is 34.3. The fourth-order valence-electron chi connectivity index (χ4n) is 3.19. The van der Waals surface area contributed by atoms with Crippen LogP contribution in [0.3, 0.4) is 0 Å². The number of alkyl halides is 1. The van der Waals surface area contributed by atoms with Gasteiger partial charge in [-0.1, -0.05) is 5.11 Å². The summed E-state index contributed by atoms with van der Waals surface area (Å²) in [6.45, 7) is 0.637. The Balaban J connectivity index is 2.25. The highest BCUT2D eigenvalue weighted by Gasteiger charge is 2.57. The number of hydrogen-bond donors (Lipinski definition) is 3. The molecule has 0 saturated carbocycles. The quantitative estimate of drug-likeness (QED) is 0.0594. The Morgan fingerprint density at radius 3 is 2.61 bits per heavy atom. The van der Waals surface area contributed by atoms with Crippen molar-refractivity contribution in [2.75, 3.05) is 32.5 Å². The third-order valence-electron chi connectivity index (χ3n) is 4.99. The van der Waals surface area contributed by atoms with Crippen molar-refractivity contribution in [1.29, 1.82) is 0 Å². The van der Waals surface area contributed by atoms with Crippen molar-refractivity contribution >= 4 is 19.8 Å². The van der Waals surface area contributed by atoms with Gasteiger partial charge in [0, 0.05) is 11.1 Å². The number of nitrogens with zero attached hydrogens (tertiary/aromatic N) is 5. The molecule has 1 aliphatic rings. The second-order valence-corrected chi connectivity index (χ2v) is 10.5. The van der Waals surface area contributed by atoms with E-state index in [1.54, 1.807) is 13.8 Å². The number of phosphoric ester groups is 1. The second-order valence-electron chi connectivity index (χ2n) is 8.83. The number of aromatic nitrogens is 2. The normalized spacial score (nSPS) is 24.6. The van der Waals surface area contributed by atoms with Gasteiger partial charge in [-0.15, -0.1) is 0 Å². The number of anilines is 1. The number of azide groups is 1. The summed E-state index contributed by atoms with van der Waals surface area (Å²) in [7, 11) is -4.85. The average molecular weight is 614 g/mol. The third-order valence-corrected chi connectivity index (χ3v) is 6.28. The van der Waals surface area contributed by atoms with Crippen LogP contribution in [0.25, 0.3) is 10.4 Å². The first-order valence-electron chi connectivity index (χ1n) is 11.9. The van der Waals surface area contributed by atoms with Gasteiger partial charge in [-0.3, -0.25) is 13.6 Å². The van der Waals surface area contributed by atoms with Crippen LogP contribution in [0.4, 0.5) is 15.0 Å². The molecule has 0 aliphatic carbocycles. The molecule has 6 atom stereocenters. The van der Waals surface area contributed by atoms with Gasteiger partial charge in [0.05, 0.1) is 25.4 Å². The van der Waals surface area contributed by atoms with Crippen LogP contribution < -0.4 is 11.4 Å². The van der Waals surface area contributed by atoms with Crippen molar-refractivity contribution in [3.05, 3.63) is 33.2 Å². The topological polar surface area (TPSA) is 258 Å². The van der Waals surface area contributed by atoms with Crippen LogP contribution in [0.15, 0.2) is 22.2 Å². The van der Waals surface area contributed by atoms with Crippen molar-refractivity contribution in [1.82, 2.24) is 9.55 Å². The summed E-state index contributed by atoms with van der Waals surface area (Å²) >= 11 is 0. The number of nitrogens with two attached hydrogens (primary N) is 1. The van der Waals surface area contributed by atoms with E-state index >= 15 is 4.39 Å². The summed E-state index contributed by atoms with van der Waals surface area (Å²) < 4.78 is 69.0. The van der Waals surface area contributed by atoms with E-state index in [2.05, 4.69) is 19.7 Å². The largest absolute Gasteiger partial charge is 0.510 e. The van der Waals surface area contributed by atoms with E-state index in [4.69, 9.17) is 43.8 Å². The Bertz CT molecular complexity index is 1170. The summed E-state index contributed by atoms with van der Waals surface area (Å²) in [4.78, 5) is 29.9. The fourth-order valence-corrected chi connectivity index (χ4v) is 4.16. The first-order chi connectivity index (χ1) is 19.2. The maximum absolute atomic E-state index is 15.2. The molecule has 1 fully saturated rings. The second kappa shape index (κ2) is 15.4. The highest BCUT2D eigenvalue weighted by molar-refractivity contribution is 7.48. The van der Waals surface area contributed by atoms with Crippen LogP contribution in [0.5, 0.6) is 0 Å². The average Bonchev–Trinajstić information content (AvgIpc) is 3.11. The van der Waals surface area contributed by atoms with Crippen molar-refractivity contribution in [2.24, 2.45) is 5.11 Å². The fraction of sp³-hybridized carbons (Fsp3) is 0.750. The maximum Gasteiger partial charge on any atom is 0.510 e. The van der Waals surface area contributed by atoms with Crippen LogP contribution in [-0.2, 0) is 41.8 Å². The summed E-state index contributed by atoms with van der Waals surface area (Å²) in [6.07, 6.45) is -7.37. The van der Waals surface area contributed by atoms with E-state index in [0.29, 0.717) is 4.57 Å². The molecule has 0 spiro atoms. The number of carbonyl (C=O) groups is 1. The molecule has 1 saturated heterocycles. The molecule has 232 valence electrons. The molecule has 21 heteroatoms. The van der Waals surface area contributed by atoms with Crippen molar-refractivity contribution in [2.45, 2.75) is 70.5 Å². The molecular formula is C20H32FN6O13P. The predicted octanol–water partition coefficient (Wildman–Crippen LogP) is 1.45. The molecule has 2 unspecified atom stereocenters. The van der Waals surface area contributed by atoms with Gasteiger partial charge in [0.2, 0.25) is 6.79 Å². The monoisotopic (exact) mass is 614 g/mol. The molecule has 0 bridgehead atoms. The van der Waals surface area contributed by atoms with Crippen molar-refractivity contribution < 1.29 is 61.2 Å². The van der Waals surface area contributed by atoms with E-state index in [9.17, 15) is 24.4 Å². The number of hydrogen-bond acceptors (Lipinski definition) is 16. The van der Waals surface area contributed by atoms with Gasteiger partial charge in [0.1, 0.15) is 17.5 Å². The highest BCUT2D eigenvalue weighted by Crippen LogP contribution is 2.51. The molecule has 0 amide bonds. The molecule has 19 nitrogen and oxygen atoms in total. The number of phosphoric acid groups is 1. The number of rotatable bonds is 16. The molecule has 41 heavy (non-hydrogen) atoms. The van der Waals surface area contributed by atoms with Gasteiger partial charge >= 0.3 is 19.7 Å². The van der Waals surface area contributed by atoms with Crippen LogP contribution in [0.1, 0.15) is 33.9 Å². The molecule has 4 N–H and O–H groups in total. The van der Waals surface area contributed by atoms with E-state index < -0.39 is 89.2 Å². The van der Waals surface area contributed by atoms with Gasteiger partial charge in [0.25, 0.3) is 6.48 Å². The zero-order valence-corrected chi connectivity index (χ0v) is 23.4. The Morgan fingerprint density at radius 2 is 2.00 bits per heavy atom. The van der Waals surface area contributed by atoms with Gasteiger partial charge in [-0.05, 0) is 39.3 Å². The molecule has 0 aromatic carbocycles. The lowest BCUT2D eigenvalue weighted by Crippen LogP contribution is -2.48. The van der Waals surface area contributed by atoms with Crippen LogP contribution >= 0.6 is 7.82 Å². The number of ether oxygens (including phenoxy) is 5. The van der Waals surface area contributed by atoms with Crippen LogP contribution in [-0.4, -0.2) is 89.2 Å². The van der Waals surface area contributed by atoms with E-state index in [1.165, 1.54) is 19.9 Å². The lowest BCUT2D eigenvalue weighted by Gasteiger charge is -2.31. The molecule has 2 heterocycles. The van der Waals surface area contributed by atoms with Gasteiger partial charge in [-0.25, -0.2) is 23.1 Å².